The molecule has 26 heavy (non-hydrogen) atoms. The van der Waals surface area contributed by atoms with Crippen LogP contribution < -0.4 is 0 Å². The van der Waals surface area contributed by atoms with Crippen LogP contribution in [0.4, 0.5) is 13.2 Å². The van der Waals surface area contributed by atoms with Gasteiger partial charge in [-0.15, -0.1) is 0 Å². The van der Waals surface area contributed by atoms with Crippen molar-refractivity contribution in [2.45, 2.75) is 32.6 Å². The molecule has 0 aliphatic rings. The highest BCUT2D eigenvalue weighted by molar-refractivity contribution is 5.88. The van der Waals surface area contributed by atoms with Crippen molar-refractivity contribution in [3.63, 3.8) is 0 Å². The van der Waals surface area contributed by atoms with Crippen LogP contribution in [0.5, 0.6) is 0 Å². The largest absolute Gasteiger partial charge is 0.206 e. The lowest BCUT2D eigenvalue weighted by atomic mass is 9.97. The summed E-state index contributed by atoms with van der Waals surface area (Å²) in [6, 6.07) is 12.3. The van der Waals surface area contributed by atoms with Crippen molar-refractivity contribution in [2.75, 3.05) is 0 Å². The fraction of sp³-hybridized carbons (Fsp3) is 0.227. The van der Waals surface area contributed by atoms with E-state index in [4.69, 9.17) is 5.26 Å². The lowest BCUT2D eigenvalue weighted by Gasteiger charge is -2.10. The Morgan fingerprint density at radius 3 is 2.31 bits per heavy atom. The Morgan fingerprint density at radius 2 is 1.65 bits per heavy atom. The lowest BCUT2D eigenvalue weighted by molar-refractivity contribution is 0.577. The van der Waals surface area contributed by atoms with E-state index in [9.17, 15) is 13.2 Å². The van der Waals surface area contributed by atoms with E-state index in [0.717, 1.165) is 48.8 Å². The molecule has 0 unspecified atom stereocenters. The zero-order valence-corrected chi connectivity index (χ0v) is 14.5. The maximum Gasteiger partial charge on any atom is 0.144 e. The standard InChI is InChI=1S/C22H18F3N/c1-2-3-4-5-14-6-8-17-15(10-14)7-9-18(22(17)25)16-11-20(23)19(13-26)21(24)12-16/h6-12H,2-5H2,1H3. The molecule has 0 aliphatic carbocycles. The molecule has 132 valence electrons. The van der Waals surface area contributed by atoms with Gasteiger partial charge in [-0.2, -0.15) is 5.26 Å². The number of hydrogen-bond donors (Lipinski definition) is 0. The maximum absolute atomic E-state index is 14.9. The average molecular weight is 353 g/mol. The lowest BCUT2D eigenvalue weighted by Crippen LogP contribution is -1.94. The fourth-order valence-electron chi connectivity index (χ4n) is 3.13. The van der Waals surface area contributed by atoms with Gasteiger partial charge in [0.05, 0.1) is 0 Å². The second-order valence-electron chi connectivity index (χ2n) is 6.37. The van der Waals surface area contributed by atoms with Gasteiger partial charge in [-0.3, -0.25) is 0 Å². The predicted octanol–water partition coefficient (Wildman–Crippen LogP) is 6.53. The third-order valence-corrected chi connectivity index (χ3v) is 4.55. The number of rotatable bonds is 5. The summed E-state index contributed by atoms with van der Waals surface area (Å²) in [5, 5.41) is 9.92. The molecule has 0 spiro atoms. The van der Waals surface area contributed by atoms with Gasteiger partial charge in [0.15, 0.2) is 0 Å². The van der Waals surface area contributed by atoms with Gasteiger partial charge in [0.25, 0.3) is 0 Å². The summed E-state index contributed by atoms with van der Waals surface area (Å²) in [5.41, 5.74) is 0.671. The van der Waals surface area contributed by atoms with E-state index >= 15 is 0 Å². The topological polar surface area (TPSA) is 23.8 Å². The van der Waals surface area contributed by atoms with Crippen molar-refractivity contribution < 1.29 is 13.2 Å². The Balaban J connectivity index is 2.02. The van der Waals surface area contributed by atoms with Gasteiger partial charge >= 0.3 is 0 Å². The van der Waals surface area contributed by atoms with Crippen LogP contribution in [-0.2, 0) is 6.42 Å². The molecule has 0 aromatic heterocycles. The molecule has 0 heterocycles. The number of halogens is 3. The number of unbranched alkanes of at least 4 members (excludes halogenated alkanes) is 2. The van der Waals surface area contributed by atoms with Crippen LogP contribution in [0.15, 0.2) is 42.5 Å². The highest BCUT2D eigenvalue weighted by Crippen LogP contribution is 2.31. The van der Waals surface area contributed by atoms with E-state index in [-0.39, 0.29) is 11.1 Å². The molecule has 3 aromatic rings. The zero-order valence-electron chi connectivity index (χ0n) is 14.5. The molecule has 0 saturated carbocycles. The van der Waals surface area contributed by atoms with Crippen molar-refractivity contribution >= 4 is 10.8 Å². The number of nitriles is 1. The number of fused-ring (bicyclic) bond motifs is 1. The first-order valence-corrected chi connectivity index (χ1v) is 8.65. The van der Waals surface area contributed by atoms with Crippen molar-refractivity contribution in [1.82, 2.24) is 0 Å². The molecule has 0 bridgehead atoms. The van der Waals surface area contributed by atoms with Crippen LogP contribution >= 0.6 is 0 Å². The first-order chi connectivity index (χ1) is 12.5. The maximum atomic E-state index is 14.9. The van der Waals surface area contributed by atoms with Crippen LogP contribution in [0.25, 0.3) is 21.9 Å². The van der Waals surface area contributed by atoms with Gasteiger partial charge in [-0.1, -0.05) is 50.1 Å². The van der Waals surface area contributed by atoms with Crippen molar-refractivity contribution in [2.24, 2.45) is 0 Å². The molecular weight excluding hydrogens is 335 g/mol. The fourth-order valence-corrected chi connectivity index (χ4v) is 3.13. The Kier molecular flexibility index (Phi) is 5.27. The van der Waals surface area contributed by atoms with Crippen LogP contribution in [0.3, 0.4) is 0 Å². The Bertz CT molecular complexity index is 979. The predicted molar refractivity (Wildman–Crippen MR) is 97.2 cm³/mol. The summed E-state index contributed by atoms with van der Waals surface area (Å²) in [7, 11) is 0. The highest BCUT2D eigenvalue weighted by Gasteiger charge is 2.15. The molecule has 0 atom stereocenters. The Labute approximate surface area is 150 Å². The normalized spacial score (nSPS) is 10.9. The van der Waals surface area contributed by atoms with E-state index < -0.39 is 23.0 Å². The van der Waals surface area contributed by atoms with Crippen LogP contribution in [-0.4, -0.2) is 0 Å². The van der Waals surface area contributed by atoms with Crippen molar-refractivity contribution in [3.05, 3.63) is 71.0 Å². The summed E-state index contributed by atoms with van der Waals surface area (Å²) in [6.45, 7) is 2.14. The molecule has 0 N–H and O–H groups in total. The van der Waals surface area contributed by atoms with Gasteiger partial charge in [0.1, 0.15) is 29.1 Å². The third kappa shape index (κ3) is 3.43. The third-order valence-electron chi connectivity index (χ3n) is 4.55. The average Bonchev–Trinajstić information content (AvgIpc) is 2.62. The smallest absolute Gasteiger partial charge is 0.144 e. The van der Waals surface area contributed by atoms with Crippen molar-refractivity contribution in [1.29, 1.82) is 5.26 Å². The van der Waals surface area contributed by atoms with E-state index in [1.807, 2.05) is 12.1 Å². The molecule has 0 saturated heterocycles. The SMILES string of the molecule is CCCCCc1ccc2c(F)c(-c3cc(F)c(C#N)c(F)c3)ccc2c1. The quantitative estimate of drug-likeness (QED) is 0.479. The molecule has 0 amide bonds. The first-order valence-electron chi connectivity index (χ1n) is 8.65. The second kappa shape index (κ2) is 7.61. The van der Waals surface area contributed by atoms with Gasteiger partial charge < -0.3 is 0 Å². The second-order valence-corrected chi connectivity index (χ2v) is 6.37. The van der Waals surface area contributed by atoms with Crippen LogP contribution in [0, 0.1) is 28.8 Å². The van der Waals surface area contributed by atoms with E-state index in [2.05, 4.69) is 6.92 Å². The van der Waals surface area contributed by atoms with Gasteiger partial charge in [0.2, 0.25) is 0 Å². The summed E-state index contributed by atoms with van der Waals surface area (Å²) in [6.07, 6.45) is 4.33. The zero-order chi connectivity index (χ0) is 18.7. The molecule has 0 aliphatic heterocycles. The summed E-state index contributed by atoms with van der Waals surface area (Å²) < 4.78 is 42.6. The number of benzene rings is 3. The number of nitrogens with zero attached hydrogens (tertiary/aromatic N) is 1. The van der Waals surface area contributed by atoms with E-state index in [1.54, 1.807) is 12.1 Å². The molecule has 3 aromatic carbocycles. The highest BCUT2D eigenvalue weighted by atomic mass is 19.1. The van der Waals surface area contributed by atoms with Crippen LogP contribution in [0.1, 0.15) is 37.3 Å². The van der Waals surface area contributed by atoms with Gasteiger partial charge in [-0.25, -0.2) is 13.2 Å². The Hall–Kier alpha value is -2.80. The molecule has 4 heteroatoms. The molecule has 0 fully saturated rings. The molecule has 1 nitrogen and oxygen atoms in total. The number of aryl methyl sites for hydroxylation is 1. The summed E-state index contributed by atoms with van der Waals surface area (Å²) >= 11 is 0. The summed E-state index contributed by atoms with van der Waals surface area (Å²) in [4.78, 5) is 0. The summed E-state index contributed by atoms with van der Waals surface area (Å²) in [5.74, 6) is -2.51. The monoisotopic (exact) mass is 353 g/mol. The molecule has 3 rings (SSSR count). The van der Waals surface area contributed by atoms with Crippen LogP contribution in [0.2, 0.25) is 0 Å². The Morgan fingerprint density at radius 1 is 0.923 bits per heavy atom. The minimum Gasteiger partial charge on any atom is -0.206 e. The minimum atomic E-state index is -0.992. The minimum absolute atomic E-state index is 0.0745. The number of hydrogen-bond acceptors (Lipinski definition) is 1. The van der Waals surface area contributed by atoms with E-state index in [0.29, 0.717) is 5.39 Å². The van der Waals surface area contributed by atoms with Gasteiger partial charge in [0, 0.05) is 10.9 Å². The first kappa shape index (κ1) is 18.0. The molecular formula is C22H18F3N. The van der Waals surface area contributed by atoms with Gasteiger partial charge in [-0.05, 0) is 41.5 Å². The van der Waals surface area contributed by atoms with E-state index in [1.165, 1.54) is 12.1 Å². The van der Waals surface area contributed by atoms with Crippen molar-refractivity contribution in [3.8, 4) is 17.2 Å². The molecule has 0 radical (unpaired) electrons.